The molecule has 1 aliphatic rings. The fourth-order valence-electron chi connectivity index (χ4n) is 4.43. The van der Waals surface area contributed by atoms with Gasteiger partial charge in [-0.25, -0.2) is 9.97 Å². The van der Waals surface area contributed by atoms with Gasteiger partial charge in [-0.1, -0.05) is 25.1 Å². The van der Waals surface area contributed by atoms with Crippen LogP contribution in [-0.4, -0.2) is 41.7 Å². The number of hydrogen-bond donors (Lipinski definition) is 0. The van der Waals surface area contributed by atoms with Crippen molar-refractivity contribution >= 4 is 5.91 Å². The summed E-state index contributed by atoms with van der Waals surface area (Å²) in [6.45, 7) is 3.47. The Hall–Kier alpha value is -3.74. The maximum absolute atomic E-state index is 13.5. The predicted molar refractivity (Wildman–Crippen MR) is 122 cm³/mol. The monoisotopic (exact) mass is 426 g/mol. The number of carbonyl (C=O) groups excluding carboxylic acids is 1. The first-order valence-electron chi connectivity index (χ1n) is 11.1. The van der Waals surface area contributed by atoms with Crippen LogP contribution in [0.1, 0.15) is 53.2 Å². The van der Waals surface area contributed by atoms with Crippen molar-refractivity contribution < 1.29 is 4.79 Å². The molecule has 1 saturated heterocycles. The highest BCUT2D eigenvalue weighted by molar-refractivity contribution is 5.94. The first-order valence-corrected chi connectivity index (χ1v) is 11.1. The normalized spacial score (nSPS) is 15.9. The average Bonchev–Trinajstić information content (AvgIpc) is 3.60. The number of likely N-dealkylation sites (tertiary alicyclic amines) is 1. The van der Waals surface area contributed by atoms with Gasteiger partial charge in [-0.05, 0) is 48.7 Å². The molecule has 0 radical (unpaired) electrons. The smallest absolute Gasteiger partial charge is 0.254 e. The van der Waals surface area contributed by atoms with Crippen LogP contribution in [0.2, 0.25) is 0 Å². The van der Waals surface area contributed by atoms with Gasteiger partial charge in [0.05, 0.1) is 18.3 Å². The van der Waals surface area contributed by atoms with Crippen molar-refractivity contribution in [2.24, 2.45) is 0 Å². The van der Waals surface area contributed by atoms with Crippen LogP contribution < -0.4 is 0 Å². The van der Waals surface area contributed by atoms with Crippen LogP contribution >= 0.6 is 0 Å². The van der Waals surface area contributed by atoms with Gasteiger partial charge in [-0.2, -0.15) is 5.10 Å². The molecule has 0 unspecified atom stereocenters. The molecule has 0 bridgehead atoms. The molecule has 7 heteroatoms. The molecule has 1 amide bonds. The average molecular weight is 427 g/mol. The highest BCUT2D eigenvalue weighted by Gasteiger charge is 2.31. The molecule has 32 heavy (non-hydrogen) atoms. The van der Waals surface area contributed by atoms with E-state index >= 15 is 0 Å². The predicted octanol–water partition coefficient (Wildman–Crippen LogP) is 4.05. The van der Waals surface area contributed by atoms with E-state index in [1.807, 2.05) is 75.1 Å². The molecule has 0 spiro atoms. The maximum atomic E-state index is 13.5. The Bertz CT molecular complexity index is 1210. The van der Waals surface area contributed by atoms with Crippen LogP contribution in [0.4, 0.5) is 0 Å². The molecule has 4 heterocycles. The Kier molecular flexibility index (Phi) is 5.54. The summed E-state index contributed by atoms with van der Waals surface area (Å²) in [4.78, 5) is 24.8. The Labute approximate surface area is 187 Å². The molecular weight excluding hydrogens is 400 g/mol. The van der Waals surface area contributed by atoms with E-state index in [0.29, 0.717) is 12.1 Å². The van der Waals surface area contributed by atoms with Crippen LogP contribution in [0, 0.1) is 0 Å². The Morgan fingerprint density at radius 2 is 2.00 bits per heavy atom. The lowest BCUT2D eigenvalue weighted by Crippen LogP contribution is -2.31. The highest BCUT2D eigenvalue weighted by atomic mass is 16.2. The molecule has 1 fully saturated rings. The molecule has 4 aromatic rings. The Morgan fingerprint density at radius 1 is 1.09 bits per heavy atom. The van der Waals surface area contributed by atoms with Crippen molar-refractivity contribution in [3.8, 4) is 5.82 Å². The number of hydrogen-bond acceptors (Lipinski definition) is 4. The van der Waals surface area contributed by atoms with E-state index in [1.54, 1.807) is 12.4 Å². The van der Waals surface area contributed by atoms with Crippen molar-refractivity contribution in [3.63, 3.8) is 0 Å². The second-order valence-electron chi connectivity index (χ2n) is 8.05. The molecule has 7 nitrogen and oxygen atoms in total. The van der Waals surface area contributed by atoms with Crippen molar-refractivity contribution in [3.05, 3.63) is 96.0 Å². The summed E-state index contributed by atoms with van der Waals surface area (Å²) in [6.07, 6.45) is 10.1. The lowest BCUT2D eigenvalue weighted by atomic mass is 10.1. The van der Waals surface area contributed by atoms with Crippen molar-refractivity contribution in [1.82, 2.24) is 29.2 Å². The van der Waals surface area contributed by atoms with Crippen LogP contribution in [0.15, 0.2) is 73.3 Å². The zero-order valence-electron chi connectivity index (χ0n) is 18.1. The maximum Gasteiger partial charge on any atom is 0.254 e. The molecule has 1 aliphatic heterocycles. The van der Waals surface area contributed by atoms with E-state index in [4.69, 9.17) is 4.98 Å². The summed E-state index contributed by atoms with van der Waals surface area (Å²) < 4.78 is 3.88. The fourth-order valence-corrected chi connectivity index (χ4v) is 4.43. The third-order valence-corrected chi connectivity index (χ3v) is 5.97. The van der Waals surface area contributed by atoms with Crippen molar-refractivity contribution in [2.75, 3.05) is 6.54 Å². The van der Waals surface area contributed by atoms with Gasteiger partial charge in [0.15, 0.2) is 0 Å². The summed E-state index contributed by atoms with van der Waals surface area (Å²) in [7, 11) is 0. The van der Waals surface area contributed by atoms with Gasteiger partial charge in [0.2, 0.25) is 0 Å². The Balaban J connectivity index is 1.39. The standard InChI is InChI=1S/C25H26N6O/c1-2-23-26-13-16-31(23)24-11-4-9-21(28-24)22-10-5-15-30(22)25(32)20-8-3-7-19(17-20)18-29-14-6-12-27-29/h3-4,6-9,11-14,16-17,22H,2,5,10,15,18H2,1H3/t22-/m0/s1. The summed E-state index contributed by atoms with van der Waals surface area (Å²) in [5.41, 5.74) is 2.69. The first kappa shape index (κ1) is 20.2. The molecule has 1 aromatic carbocycles. The lowest BCUT2D eigenvalue weighted by Gasteiger charge is -2.25. The van der Waals surface area contributed by atoms with Gasteiger partial charge in [-0.15, -0.1) is 0 Å². The number of nitrogens with zero attached hydrogens (tertiary/aromatic N) is 6. The zero-order valence-corrected chi connectivity index (χ0v) is 18.1. The summed E-state index contributed by atoms with van der Waals surface area (Å²) >= 11 is 0. The van der Waals surface area contributed by atoms with Gasteiger partial charge >= 0.3 is 0 Å². The van der Waals surface area contributed by atoms with Crippen LogP contribution in [0.5, 0.6) is 0 Å². The van der Waals surface area contributed by atoms with E-state index in [0.717, 1.165) is 48.7 Å². The SMILES string of the molecule is CCc1nccn1-c1cccc([C@@H]2CCCN2C(=O)c2cccc(Cn3cccn3)c2)n1. The number of aromatic nitrogens is 5. The van der Waals surface area contributed by atoms with Gasteiger partial charge in [0.25, 0.3) is 5.91 Å². The number of pyridine rings is 1. The quantitative estimate of drug-likeness (QED) is 0.466. The summed E-state index contributed by atoms with van der Waals surface area (Å²) in [5, 5.41) is 4.26. The van der Waals surface area contributed by atoms with Gasteiger partial charge in [0, 0.05) is 43.3 Å². The topological polar surface area (TPSA) is 68.8 Å². The molecular formula is C25H26N6O. The minimum atomic E-state index is -0.0224. The fraction of sp³-hybridized carbons (Fsp3) is 0.280. The second kappa shape index (κ2) is 8.78. The third-order valence-electron chi connectivity index (χ3n) is 5.97. The number of amides is 1. The highest BCUT2D eigenvalue weighted by Crippen LogP contribution is 2.32. The number of imidazole rings is 1. The third kappa shape index (κ3) is 3.93. The van der Waals surface area contributed by atoms with E-state index < -0.39 is 0 Å². The minimum Gasteiger partial charge on any atom is -0.330 e. The molecule has 5 rings (SSSR count). The summed E-state index contributed by atoms with van der Waals surface area (Å²) in [6, 6.07) is 15.8. The molecule has 0 aliphatic carbocycles. The second-order valence-corrected chi connectivity index (χ2v) is 8.05. The molecule has 1 atom stereocenters. The van der Waals surface area contributed by atoms with E-state index in [-0.39, 0.29) is 11.9 Å². The minimum absolute atomic E-state index is 0.0224. The number of benzene rings is 1. The molecule has 3 aromatic heterocycles. The summed E-state index contributed by atoms with van der Waals surface area (Å²) in [5.74, 6) is 1.87. The van der Waals surface area contributed by atoms with E-state index in [9.17, 15) is 4.79 Å². The molecule has 0 saturated carbocycles. The molecule has 162 valence electrons. The van der Waals surface area contributed by atoms with Gasteiger partial charge in [-0.3, -0.25) is 14.0 Å². The van der Waals surface area contributed by atoms with Gasteiger partial charge in [0.1, 0.15) is 11.6 Å². The number of aryl methyl sites for hydroxylation is 1. The molecule has 0 N–H and O–H groups in total. The number of rotatable bonds is 6. The van der Waals surface area contributed by atoms with Crippen LogP contribution in [-0.2, 0) is 13.0 Å². The number of carbonyl (C=O) groups is 1. The lowest BCUT2D eigenvalue weighted by molar-refractivity contribution is 0.0732. The van der Waals surface area contributed by atoms with Crippen molar-refractivity contribution in [2.45, 2.75) is 38.8 Å². The first-order chi connectivity index (χ1) is 15.7. The largest absolute Gasteiger partial charge is 0.330 e. The van der Waals surface area contributed by atoms with Crippen molar-refractivity contribution in [1.29, 1.82) is 0 Å². The van der Waals surface area contributed by atoms with E-state index in [1.165, 1.54) is 0 Å². The van der Waals surface area contributed by atoms with E-state index in [2.05, 4.69) is 17.0 Å². The van der Waals surface area contributed by atoms with Crippen LogP contribution in [0.25, 0.3) is 5.82 Å². The van der Waals surface area contributed by atoms with Gasteiger partial charge < -0.3 is 4.90 Å². The zero-order chi connectivity index (χ0) is 21.9. The Morgan fingerprint density at radius 3 is 2.84 bits per heavy atom. The van der Waals surface area contributed by atoms with Crippen LogP contribution in [0.3, 0.4) is 0 Å².